The Morgan fingerprint density at radius 3 is 2.40 bits per heavy atom. The van der Waals surface area contributed by atoms with Crippen LogP contribution in [0.25, 0.3) is 0 Å². The van der Waals surface area contributed by atoms with Crippen LogP contribution >= 0.6 is 0 Å². The molecule has 3 rings (SSSR count). The van der Waals surface area contributed by atoms with Crippen LogP contribution in [-0.2, 0) is 11.3 Å². The molecule has 0 saturated carbocycles. The predicted octanol–water partition coefficient (Wildman–Crippen LogP) is 1.45. The van der Waals surface area contributed by atoms with Crippen LogP contribution in [0.4, 0.5) is 10.6 Å². The lowest BCUT2D eigenvalue weighted by molar-refractivity contribution is -0.130. The van der Waals surface area contributed by atoms with Crippen molar-refractivity contribution in [3.05, 3.63) is 23.9 Å². The van der Waals surface area contributed by atoms with Crippen LogP contribution < -0.4 is 10.2 Å². The normalized spacial score (nSPS) is 18.2. The quantitative estimate of drug-likeness (QED) is 0.900. The molecular formula is C18H27N5O2. The maximum Gasteiger partial charge on any atom is 0.317 e. The highest BCUT2D eigenvalue weighted by Gasteiger charge is 2.22. The van der Waals surface area contributed by atoms with Crippen LogP contribution in [0.1, 0.15) is 31.7 Å². The first-order valence-corrected chi connectivity index (χ1v) is 9.11. The monoisotopic (exact) mass is 345 g/mol. The maximum absolute atomic E-state index is 12.3. The van der Waals surface area contributed by atoms with Gasteiger partial charge in [0.2, 0.25) is 5.91 Å². The smallest absolute Gasteiger partial charge is 0.317 e. The minimum Gasteiger partial charge on any atom is -0.357 e. The number of rotatable bonds is 3. The first kappa shape index (κ1) is 17.5. The Bertz CT molecular complexity index is 607. The van der Waals surface area contributed by atoms with Gasteiger partial charge in [-0.05, 0) is 37.0 Å². The summed E-state index contributed by atoms with van der Waals surface area (Å²) in [5, 5.41) is 2.98. The van der Waals surface area contributed by atoms with Crippen molar-refractivity contribution in [2.45, 2.75) is 32.7 Å². The van der Waals surface area contributed by atoms with E-state index in [0.29, 0.717) is 32.7 Å². The van der Waals surface area contributed by atoms with Crippen molar-refractivity contribution in [1.82, 2.24) is 20.1 Å². The third-order valence-electron chi connectivity index (χ3n) is 4.95. The first-order valence-electron chi connectivity index (χ1n) is 9.11. The predicted molar refractivity (Wildman–Crippen MR) is 96.4 cm³/mol. The summed E-state index contributed by atoms with van der Waals surface area (Å²) in [5.74, 6) is 1.07. The van der Waals surface area contributed by atoms with Gasteiger partial charge in [0.25, 0.3) is 0 Å². The molecule has 2 aliphatic heterocycles. The van der Waals surface area contributed by atoms with Gasteiger partial charge in [-0.3, -0.25) is 4.79 Å². The molecule has 1 N–H and O–H groups in total. The van der Waals surface area contributed by atoms with Gasteiger partial charge in [-0.1, -0.05) is 0 Å². The van der Waals surface area contributed by atoms with Gasteiger partial charge in [0.15, 0.2) is 0 Å². The Morgan fingerprint density at radius 1 is 1.04 bits per heavy atom. The lowest BCUT2D eigenvalue weighted by Gasteiger charge is -2.34. The molecule has 3 heterocycles. The van der Waals surface area contributed by atoms with Gasteiger partial charge >= 0.3 is 6.03 Å². The average Bonchev–Trinajstić information content (AvgIpc) is 2.67. The number of hydrogen-bond donors (Lipinski definition) is 1. The number of piperidine rings is 1. The molecule has 7 nitrogen and oxygen atoms in total. The fourth-order valence-corrected chi connectivity index (χ4v) is 3.38. The Balaban J connectivity index is 1.50. The molecule has 136 valence electrons. The summed E-state index contributed by atoms with van der Waals surface area (Å²) >= 11 is 0. The van der Waals surface area contributed by atoms with Crippen LogP contribution in [0.5, 0.6) is 0 Å². The summed E-state index contributed by atoms with van der Waals surface area (Å²) in [7, 11) is 0. The molecule has 1 aromatic rings. The van der Waals surface area contributed by atoms with E-state index in [1.54, 1.807) is 16.7 Å². The molecular weight excluding hydrogens is 318 g/mol. The fourth-order valence-electron chi connectivity index (χ4n) is 3.38. The van der Waals surface area contributed by atoms with Crippen molar-refractivity contribution in [3.63, 3.8) is 0 Å². The molecule has 0 atom stereocenters. The molecule has 7 heteroatoms. The molecule has 2 fully saturated rings. The first-order chi connectivity index (χ1) is 12.1. The van der Waals surface area contributed by atoms with E-state index < -0.39 is 0 Å². The highest BCUT2D eigenvalue weighted by atomic mass is 16.2. The summed E-state index contributed by atoms with van der Waals surface area (Å²) in [4.78, 5) is 34.0. The van der Waals surface area contributed by atoms with E-state index >= 15 is 0 Å². The van der Waals surface area contributed by atoms with Crippen molar-refractivity contribution < 1.29 is 9.59 Å². The summed E-state index contributed by atoms with van der Waals surface area (Å²) in [6.45, 7) is 6.57. The second kappa shape index (κ2) is 8.18. The van der Waals surface area contributed by atoms with Crippen molar-refractivity contribution in [1.29, 1.82) is 0 Å². The third-order valence-corrected chi connectivity index (χ3v) is 4.95. The van der Waals surface area contributed by atoms with E-state index in [1.807, 2.05) is 12.3 Å². The number of anilines is 1. The number of amides is 3. The van der Waals surface area contributed by atoms with Gasteiger partial charge in [0.05, 0.1) is 0 Å². The van der Waals surface area contributed by atoms with Crippen LogP contribution in [0.3, 0.4) is 0 Å². The third kappa shape index (κ3) is 4.61. The summed E-state index contributed by atoms with van der Waals surface area (Å²) < 4.78 is 0. The molecule has 0 radical (unpaired) electrons. The average molecular weight is 345 g/mol. The summed E-state index contributed by atoms with van der Waals surface area (Å²) in [6, 6.07) is 3.94. The lowest BCUT2D eigenvalue weighted by Crippen LogP contribution is -2.52. The summed E-state index contributed by atoms with van der Waals surface area (Å²) in [5.41, 5.74) is 1.06. The SMILES string of the molecule is CC(=O)N1CCN(C(=O)NCc2ccnc(N3CCCCC3)c2)CC1. The number of nitrogens with one attached hydrogen (secondary N) is 1. The standard InChI is InChI=1S/C18H27N5O2/c1-15(24)21-9-11-23(12-10-21)18(25)20-14-16-5-6-19-17(13-16)22-7-3-2-4-8-22/h5-6,13H,2-4,7-12,14H2,1H3,(H,20,25). The molecule has 3 amide bonds. The molecule has 0 unspecified atom stereocenters. The Hall–Kier alpha value is -2.31. The number of carbonyl (C=O) groups is 2. The topological polar surface area (TPSA) is 68.8 Å². The Labute approximate surface area is 149 Å². The van der Waals surface area contributed by atoms with Gasteiger partial charge < -0.3 is 20.0 Å². The number of piperazine rings is 1. The van der Waals surface area contributed by atoms with Gasteiger partial charge in [-0.2, -0.15) is 0 Å². The van der Waals surface area contributed by atoms with E-state index in [9.17, 15) is 9.59 Å². The van der Waals surface area contributed by atoms with Crippen LogP contribution in [0.2, 0.25) is 0 Å². The molecule has 0 aliphatic carbocycles. The Kier molecular flexibility index (Phi) is 5.73. The zero-order valence-corrected chi connectivity index (χ0v) is 14.9. The number of urea groups is 1. The zero-order chi connectivity index (χ0) is 17.6. The number of carbonyl (C=O) groups excluding carboxylic acids is 2. The van der Waals surface area contributed by atoms with Gasteiger partial charge in [0, 0.05) is 58.9 Å². The van der Waals surface area contributed by atoms with Crippen LogP contribution in [0, 0.1) is 0 Å². The molecule has 25 heavy (non-hydrogen) atoms. The van der Waals surface area contributed by atoms with E-state index in [1.165, 1.54) is 19.3 Å². The van der Waals surface area contributed by atoms with Gasteiger partial charge in [-0.25, -0.2) is 9.78 Å². The van der Waals surface area contributed by atoms with Crippen molar-refractivity contribution in [2.24, 2.45) is 0 Å². The van der Waals surface area contributed by atoms with Crippen molar-refractivity contribution in [2.75, 3.05) is 44.2 Å². The second-order valence-electron chi connectivity index (χ2n) is 6.72. The minimum absolute atomic E-state index is 0.0699. The van der Waals surface area contributed by atoms with Crippen molar-refractivity contribution in [3.8, 4) is 0 Å². The number of pyridine rings is 1. The van der Waals surface area contributed by atoms with E-state index in [0.717, 1.165) is 24.5 Å². The number of hydrogen-bond acceptors (Lipinski definition) is 4. The van der Waals surface area contributed by atoms with Gasteiger partial charge in [-0.15, -0.1) is 0 Å². The molecule has 0 aromatic carbocycles. The van der Waals surface area contributed by atoms with E-state index in [-0.39, 0.29) is 11.9 Å². The lowest BCUT2D eigenvalue weighted by atomic mass is 10.1. The van der Waals surface area contributed by atoms with E-state index in [4.69, 9.17) is 0 Å². The highest BCUT2D eigenvalue weighted by Crippen LogP contribution is 2.18. The molecule has 0 spiro atoms. The Morgan fingerprint density at radius 2 is 1.72 bits per heavy atom. The van der Waals surface area contributed by atoms with Crippen LogP contribution in [0.15, 0.2) is 18.3 Å². The largest absolute Gasteiger partial charge is 0.357 e. The number of nitrogens with zero attached hydrogens (tertiary/aromatic N) is 4. The zero-order valence-electron chi connectivity index (χ0n) is 14.9. The number of aromatic nitrogens is 1. The fraction of sp³-hybridized carbons (Fsp3) is 0.611. The molecule has 2 saturated heterocycles. The summed E-state index contributed by atoms with van der Waals surface area (Å²) in [6.07, 6.45) is 5.55. The van der Waals surface area contributed by atoms with Crippen LogP contribution in [-0.4, -0.2) is 66.0 Å². The molecule has 0 bridgehead atoms. The highest BCUT2D eigenvalue weighted by molar-refractivity contribution is 5.76. The van der Waals surface area contributed by atoms with Crippen molar-refractivity contribution >= 4 is 17.8 Å². The van der Waals surface area contributed by atoms with Gasteiger partial charge in [0.1, 0.15) is 5.82 Å². The minimum atomic E-state index is -0.0699. The maximum atomic E-state index is 12.3. The molecule has 2 aliphatic rings. The van der Waals surface area contributed by atoms with E-state index in [2.05, 4.69) is 21.3 Å². The second-order valence-corrected chi connectivity index (χ2v) is 6.72. The molecule has 1 aromatic heterocycles.